The Morgan fingerprint density at radius 1 is 1.55 bits per heavy atom. The van der Waals surface area contributed by atoms with Crippen molar-refractivity contribution in [1.82, 2.24) is 20.1 Å². The van der Waals surface area contributed by atoms with Crippen LogP contribution in [-0.4, -0.2) is 26.7 Å². The van der Waals surface area contributed by atoms with Crippen molar-refractivity contribution in [1.29, 1.82) is 0 Å². The van der Waals surface area contributed by atoms with E-state index in [1.807, 2.05) is 12.3 Å². The first-order valence-electron chi connectivity index (χ1n) is 6.91. The molecule has 1 atom stereocenters. The number of nitrogens with zero attached hydrogens (tertiary/aromatic N) is 3. The molecule has 6 heteroatoms. The molecule has 3 heterocycles. The molecule has 0 aliphatic carbocycles. The maximum atomic E-state index is 12.0. The summed E-state index contributed by atoms with van der Waals surface area (Å²) in [7, 11) is 0. The van der Waals surface area contributed by atoms with Crippen molar-refractivity contribution in [2.75, 3.05) is 0 Å². The Kier molecular flexibility index (Phi) is 3.82. The number of nitrogens with one attached hydrogen (secondary N) is 1. The number of carbonyl (C=O) groups is 1. The Labute approximate surface area is 122 Å². The molecule has 106 valence electrons. The van der Waals surface area contributed by atoms with Crippen LogP contribution in [0, 0.1) is 6.92 Å². The van der Waals surface area contributed by atoms with Crippen LogP contribution in [0.4, 0.5) is 0 Å². The number of fused-ring (bicyclic) bond motifs is 1. The Hall–Kier alpha value is -1.69. The van der Waals surface area contributed by atoms with E-state index >= 15 is 0 Å². The number of rotatable bonds is 4. The number of hydrogen-bond acceptors (Lipinski definition) is 4. The van der Waals surface area contributed by atoms with Crippen molar-refractivity contribution in [3.63, 3.8) is 0 Å². The highest BCUT2D eigenvalue weighted by molar-refractivity contribution is 7.07. The van der Waals surface area contributed by atoms with Gasteiger partial charge in [-0.1, -0.05) is 0 Å². The van der Waals surface area contributed by atoms with E-state index in [9.17, 15) is 4.79 Å². The molecule has 0 spiro atoms. The molecule has 20 heavy (non-hydrogen) atoms. The third-order valence-electron chi connectivity index (χ3n) is 3.72. The van der Waals surface area contributed by atoms with E-state index in [0.29, 0.717) is 6.42 Å². The molecule has 0 saturated heterocycles. The topological polar surface area (TPSA) is 59.8 Å². The average molecular weight is 290 g/mol. The molecule has 0 fully saturated rings. The smallest absolute Gasteiger partial charge is 0.220 e. The molecular weight excluding hydrogens is 272 g/mol. The first-order chi connectivity index (χ1) is 9.72. The predicted molar refractivity (Wildman–Crippen MR) is 77.7 cm³/mol. The number of amides is 1. The summed E-state index contributed by atoms with van der Waals surface area (Å²) in [6.07, 6.45) is 3.21. The number of thiophene rings is 1. The Morgan fingerprint density at radius 2 is 2.45 bits per heavy atom. The summed E-state index contributed by atoms with van der Waals surface area (Å²) < 4.78 is 2.10. The van der Waals surface area contributed by atoms with Gasteiger partial charge in [0.15, 0.2) is 0 Å². The van der Waals surface area contributed by atoms with E-state index < -0.39 is 0 Å². The molecule has 0 unspecified atom stereocenters. The second-order valence-electron chi connectivity index (χ2n) is 5.21. The normalized spacial score (nSPS) is 17.8. The lowest BCUT2D eigenvalue weighted by molar-refractivity contribution is -0.122. The summed E-state index contributed by atoms with van der Waals surface area (Å²) in [5.74, 6) is 2.10. The number of aryl methyl sites for hydroxylation is 3. The summed E-state index contributed by atoms with van der Waals surface area (Å²) in [5.41, 5.74) is 1.24. The maximum Gasteiger partial charge on any atom is 0.220 e. The second kappa shape index (κ2) is 5.75. The van der Waals surface area contributed by atoms with Crippen LogP contribution < -0.4 is 5.32 Å². The van der Waals surface area contributed by atoms with E-state index in [-0.39, 0.29) is 11.9 Å². The summed E-state index contributed by atoms with van der Waals surface area (Å²) in [6.45, 7) is 2.75. The van der Waals surface area contributed by atoms with Crippen molar-refractivity contribution in [2.24, 2.45) is 0 Å². The quantitative estimate of drug-likeness (QED) is 0.932. The van der Waals surface area contributed by atoms with Crippen LogP contribution >= 0.6 is 11.3 Å². The van der Waals surface area contributed by atoms with Gasteiger partial charge in [-0.25, -0.2) is 0 Å². The molecule has 0 aromatic carbocycles. The molecule has 2 aromatic heterocycles. The number of aromatic nitrogens is 3. The van der Waals surface area contributed by atoms with E-state index in [0.717, 1.165) is 37.5 Å². The summed E-state index contributed by atoms with van der Waals surface area (Å²) in [6, 6.07) is 2.28. The van der Waals surface area contributed by atoms with Crippen molar-refractivity contribution < 1.29 is 4.79 Å². The third-order valence-corrected chi connectivity index (χ3v) is 4.45. The Morgan fingerprint density at radius 3 is 3.25 bits per heavy atom. The van der Waals surface area contributed by atoms with E-state index in [2.05, 4.69) is 31.5 Å². The van der Waals surface area contributed by atoms with Gasteiger partial charge < -0.3 is 9.88 Å². The predicted octanol–water partition coefficient (Wildman–Crippen LogP) is 1.71. The number of hydrogen-bond donors (Lipinski definition) is 1. The van der Waals surface area contributed by atoms with Crippen LogP contribution in [0.5, 0.6) is 0 Å². The fourth-order valence-corrected chi connectivity index (χ4v) is 3.28. The summed E-state index contributed by atoms with van der Waals surface area (Å²) in [4.78, 5) is 12.0. The Bertz CT molecular complexity index is 590. The van der Waals surface area contributed by atoms with Crippen LogP contribution in [0.15, 0.2) is 16.8 Å². The fraction of sp³-hybridized carbons (Fsp3) is 0.500. The number of carbonyl (C=O) groups excluding carboxylic acids is 1. The minimum absolute atomic E-state index is 0.135. The minimum Gasteiger partial charge on any atom is -0.352 e. The van der Waals surface area contributed by atoms with Gasteiger partial charge in [0.1, 0.15) is 11.6 Å². The molecule has 5 nitrogen and oxygen atoms in total. The zero-order valence-corrected chi connectivity index (χ0v) is 12.3. The summed E-state index contributed by atoms with van der Waals surface area (Å²) in [5, 5.41) is 15.5. The van der Waals surface area contributed by atoms with Crippen molar-refractivity contribution >= 4 is 17.2 Å². The minimum atomic E-state index is 0.135. The first-order valence-corrected chi connectivity index (χ1v) is 7.86. The van der Waals surface area contributed by atoms with Gasteiger partial charge in [0, 0.05) is 25.4 Å². The zero-order valence-electron chi connectivity index (χ0n) is 11.5. The van der Waals surface area contributed by atoms with E-state index in [4.69, 9.17) is 0 Å². The second-order valence-corrected chi connectivity index (χ2v) is 5.99. The van der Waals surface area contributed by atoms with Crippen molar-refractivity contribution in [3.8, 4) is 0 Å². The van der Waals surface area contributed by atoms with Gasteiger partial charge in [0.2, 0.25) is 5.91 Å². The lowest BCUT2D eigenvalue weighted by Crippen LogP contribution is -2.41. The lowest BCUT2D eigenvalue weighted by atomic mass is 10.1. The van der Waals surface area contributed by atoms with E-state index in [1.165, 1.54) is 5.56 Å². The third kappa shape index (κ3) is 2.90. The lowest BCUT2D eigenvalue weighted by Gasteiger charge is -2.24. The maximum absolute atomic E-state index is 12.0. The highest BCUT2D eigenvalue weighted by Gasteiger charge is 2.22. The molecule has 1 amide bonds. The molecule has 1 N–H and O–H groups in total. The molecule has 0 bridgehead atoms. The van der Waals surface area contributed by atoms with Crippen LogP contribution in [-0.2, 0) is 24.2 Å². The zero-order chi connectivity index (χ0) is 13.9. The van der Waals surface area contributed by atoms with Crippen LogP contribution in [0.2, 0.25) is 0 Å². The SMILES string of the molecule is Cc1nnc2n1C[C@H](NC(=O)CCc1ccsc1)CC2. The summed E-state index contributed by atoms with van der Waals surface area (Å²) >= 11 is 1.67. The standard InChI is InChI=1S/C14H18N4OS/c1-10-16-17-13-4-3-12(8-18(10)13)15-14(19)5-2-11-6-7-20-9-11/h6-7,9,12H,2-5,8H2,1H3,(H,15,19)/t12-/m1/s1. The molecule has 2 aromatic rings. The van der Waals surface area contributed by atoms with Gasteiger partial charge in [0.25, 0.3) is 0 Å². The molecule has 1 aliphatic heterocycles. The van der Waals surface area contributed by atoms with Gasteiger partial charge in [-0.15, -0.1) is 10.2 Å². The monoisotopic (exact) mass is 290 g/mol. The average Bonchev–Trinajstić information content (AvgIpc) is 3.07. The molecule has 0 saturated carbocycles. The van der Waals surface area contributed by atoms with Crippen LogP contribution in [0.25, 0.3) is 0 Å². The van der Waals surface area contributed by atoms with Crippen molar-refractivity contribution in [3.05, 3.63) is 34.0 Å². The fourth-order valence-electron chi connectivity index (χ4n) is 2.57. The molecule has 1 aliphatic rings. The van der Waals surface area contributed by atoms with E-state index in [1.54, 1.807) is 11.3 Å². The van der Waals surface area contributed by atoms with Crippen LogP contribution in [0.3, 0.4) is 0 Å². The molecule has 0 radical (unpaired) electrons. The first kappa shape index (κ1) is 13.3. The highest BCUT2D eigenvalue weighted by atomic mass is 32.1. The molecular formula is C14H18N4OS. The van der Waals surface area contributed by atoms with Crippen LogP contribution in [0.1, 0.15) is 30.1 Å². The molecule has 3 rings (SSSR count). The van der Waals surface area contributed by atoms with Gasteiger partial charge >= 0.3 is 0 Å². The Balaban J connectivity index is 1.51. The van der Waals surface area contributed by atoms with Gasteiger partial charge in [-0.3, -0.25) is 4.79 Å². The van der Waals surface area contributed by atoms with Gasteiger partial charge in [0.05, 0.1) is 0 Å². The highest BCUT2D eigenvalue weighted by Crippen LogP contribution is 2.15. The van der Waals surface area contributed by atoms with Gasteiger partial charge in [-0.05, 0) is 42.2 Å². The van der Waals surface area contributed by atoms with Gasteiger partial charge in [-0.2, -0.15) is 11.3 Å². The largest absolute Gasteiger partial charge is 0.352 e. The van der Waals surface area contributed by atoms with Crippen molar-refractivity contribution in [2.45, 2.75) is 45.2 Å².